The smallest absolute Gasteiger partial charge is 0.229 e. The normalized spacial score (nSPS) is 21.8. The first-order valence-corrected chi connectivity index (χ1v) is 8.49. The van der Waals surface area contributed by atoms with Crippen molar-refractivity contribution in [2.24, 2.45) is 5.92 Å². The monoisotopic (exact) mass is 294 g/mol. The van der Waals surface area contributed by atoms with Crippen molar-refractivity contribution in [1.29, 1.82) is 0 Å². The third-order valence-electron chi connectivity index (χ3n) is 4.34. The molecule has 0 radical (unpaired) electrons. The van der Waals surface area contributed by atoms with Gasteiger partial charge in [0.15, 0.2) is 0 Å². The van der Waals surface area contributed by atoms with E-state index in [0.29, 0.717) is 11.0 Å². The van der Waals surface area contributed by atoms with E-state index in [9.17, 15) is 4.79 Å². The fraction of sp³-hybridized carbons (Fsp3) is 0.786. The minimum Gasteiger partial charge on any atom is -0.317 e. The molecular weight excluding hydrogens is 272 g/mol. The summed E-state index contributed by atoms with van der Waals surface area (Å²) in [7, 11) is 0. The molecule has 1 aliphatic heterocycles. The van der Waals surface area contributed by atoms with Crippen LogP contribution >= 0.6 is 11.3 Å². The number of carbonyl (C=O) groups excluding carboxylic acids is 1. The Balaban J connectivity index is 1.57. The van der Waals surface area contributed by atoms with E-state index in [1.165, 1.54) is 19.3 Å². The molecular formula is C14H22N4OS. The Bertz CT molecular complexity index is 450. The van der Waals surface area contributed by atoms with E-state index < -0.39 is 0 Å². The Morgan fingerprint density at radius 2 is 1.85 bits per heavy atom. The fourth-order valence-electron chi connectivity index (χ4n) is 3.09. The van der Waals surface area contributed by atoms with Crippen molar-refractivity contribution in [2.45, 2.75) is 50.9 Å². The zero-order chi connectivity index (χ0) is 13.8. The lowest BCUT2D eigenvalue weighted by molar-refractivity contribution is -0.120. The number of rotatable bonds is 3. The number of piperidine rings is 1. The van der Waals surface area contributed by atoms with Crippen molar-refractivity contribution in [2.75, 3.05) is 18.4 Å². The number of amides is 1. The van der Waals surface area contributed by atoms with Crippen LogP contribution in [0.5, 0.6) is 0 Å². The van der Waals surface area contributed by atoms with E-state index in [1.807, 2.05) is 0 Å². The first-order valence-electron chi connectivity index (χ1n) is 7.68. The average Bonchev–Trinajstić information content (AvgIpc) is 2.97. The van der Waals surface area contributed by atoms with Crippen LogP contribution in [0, 0.1) is 5.92 Å². The maximum absolute atomic E-state index is 12.2. The molecule has 0 atom stereocenters. The number of nitrogens with one attached hydrogen (secondary N) is 2. The Morgan fingerprint density at radius 3 is 2.60 bits per heavy atom. The molecule has 2 aliphatic rings. The van der Waals surface area contributed by atoms with E-state index in [4.69, 9.17) is 0 Å². The highest BCUT2D eigenvalue weighted by atomic mass is 32.1. The Morgan fingerprint density at radius 1 is 1.10 bits per heavy atom. The number of anilines is 1. The molecule has 6 heteroatoms. The molecule has 1 saturated carbocycles. The second kappa shape index (κ2) is 6.63. The van der Waals surface area contributed by atoms with Gasteiger partial charge in [-0.05, 0) is 38.8 Å². The van der Waals surface area contributed by atoms with Crippen LogP contribution in [0.4, 0.5) is 5.13 Å². The molecule has 0 bridgehead atoms. The van der Waals surface area contributed by atoms with Crippen LogP contribution in [-0.4, -0.2) is 29.2 Å². The summed E-state index contributed by atoms with van der Waals surface area (Å²) < 4.78 is 0. The van der Waals surface area contributed by atoms with Crippen LogP contribution < -0.4 is 10.6 Å². The van der Waals surface area contributed by atoms with Crippen LogP contribution in [0.2, 0.25) is 0 Å². The molecule has 5 nitrogen and oxygen atoms in total. The summed E-state index contributed by atoms with van der Waals surface area (Å²) in [6, 6.07) is 0. The first kappa shape index (κ1) is 13.9. The van der Waals surface area contributed by atoms with E-state index in [1.54, 1.807) is 11.3 Å². The van der Waals surface area contributed by atoms with Crippen molar-refractivity contribution in [3.63, 3.8) is 0 Å². The van der Waals surface area contributed by atoms with Crippen molar-refractivity contribution < 1.29 is 4.79 Å². The number of nitrogens with zero attached hydrogens (tertiary/aromatic N) is 2. The molecule has 20 heavy (non-hydrogen) atoms. The minimum atomic E-state index is 0.137. The van der Waals surface area contributed by atoms with Crippen molar-refractivity contribution in [3.8, 4) is 0 Å². The standard InChI is InChI=1S/C14H22N4OS/c19-12(10-4-2-1-3-5-10)16-14-18-17-13(20-14)11-6-8-15-9-7-11/h10-11,15H,1-9H2,(H,16,18,19). The molecule has 2 fully saturated rings. The van der Waals surface area contributed by atoms with Crippen LogP contribution in [-0.2, 0) is 4.79 Å². The van der Waals surface area contributed by atoms with Crippen molar-refractivity contribution in [3.05, 3.63) is 5.01 Å². The van der Waals surface area contributed by atoms with Gasteiger partial charge in [0.05, 0.1) is 0 Å². The molecule has 1 aliphatic carbocycles. The second-order valence-electron chi connectivity index (χ2n) is 5.79. The van der Waals surface area contributed by atoms with Gasteiger partial charge < -0.3 is 10.6 Å². The highest BCUT2D eigenvalue weighted by molar-refractivity contribution is 7.15. The summed E-state index contributed by atoms with van der Waals surface area (Å²) >= 11 is 1.55. The third kappa shape index (κ3) is 3.35. The quantitative estimate of drug-likeness (QED) is 0.899. The lowest BCUT2D eigenvalue weighted by Gasteiger charge is -2.20. The molecule has 1 aromatic rings. The predicted molar refractivity (Wildman–Crippen MR) is 80.0 cm³/mol. The van der Waals surface area contributed by atoms with Gasteiger partial charge in [0.25, 0.3) is 0 Å². The van der Waals surface area contributed by atoms with Gasteiger partial charge in [-0.15, -0.1) is 10.2 Å². The molecule has 2 N–H and O–H groups in total. The number of aromatic nitrogens is 2. The summed E-state index contributed by atoms with van der Waals surface area (Å²) in [4.78, 5) is 12.2. The fourth-order valence-corrected chi connectivity index (χ4v) is 4.01. The summed E-state index contributed by atoms with van der Waals surface area (Å²) in [5.41, 5.74) is 0. The van der Waals surface area contributed by atoms with Gasteiger partial charge in [-0.25, -0.2) is 0 Å². The second-order valence-corrected chi connectivity index (χ2v) is 6.80. The lowest BCUT2D eigenvalue weighted by atomic mass is 9.89. The molecule has 3 rings (SSSR count). The van der Waals surface area contributed by atoms with Gasteiger partial charge in [0.1, 0.15) is 5.01 Å². The number of carbonyl (C=O) groups is 1. The van der Waals surface area contributed by atoms with Gasteiger partial charge in [-0.1, -0.05) is 30.6 Å². The zero-order valence-electron chi connectivity index (χ0n) is 11.7. The number of hydrogen-bond donors (Lipinski definition) is 2. The highest BCUT2D eigenvalue weighted by Gasteiger charge is 2.23. The van der Waals surface area contributed by atoms with E-state index >= 15 is 0 Å². The van der Waals surface area contributed by atoms with Gasteiger partial charge in [0, 0.05) is 11.8 Å². The van der Waals surface area contributed by atoms with Crippen molar-refractivity contribution in [1.82, 2.24) is 15.5 Å². The van der Waals surface area contributed by atoms with Crippen LogP contribution in [0.3, 0.4) is 0 Å². The average molecular weight is 294 g/mol. The largest absolute Gasteiger partial charge is 0.317 e. The summed E-state index contributed by atoms with van der Waals surface area (Å²) in [6.07, 6.45) is 7.89. The topological polar surface area (TPSA) is 66.9 Å². The molecule has 2 heterocycles. The molecule has 0 unspecified atom stereocenters. The maximum atomic E-state index is 12.2. The molecule has 0 spiro atoms. The highest BCUT2D eigenvalue weighted by Crippen LogP contribution is 2.30. The molecule has 110 valence electrons. The molecule has 1 amide bonds. The van der Waals surface area contributed by atoms with Crippen molar-refractivity contribution >= 4 is 22.4 Å². The Kier molecular flexibility index (Phi) is 4.62. The van der Waals surface area contributed by atoms with Crippen LogP contribution in [0.25, 0.3) is 0 Å². The maximum Gasteiger partial charge on any atom is 0.229 e. The van der Waals surface area contributed by atoms with Gasteiger partial charge >= 0.3 is 0 Å². The minimum absolute atomic E-state index is 0.137. The van der Waals surface area contributed by atoms with E-state index in [0.717, 1.165) is 43.8 Å². The Hall–Kier alpha value is -1.01. The van der Waals surface area contributed by atoms with Crippen LogP contribution in [0.1, 0.15) is 55.9 Å². The molecule has 1 saturated heterocycles. The van der Waals surface area contributed by atoms with E-state index in [-0.39, 0.29) is 11.8 Å². The van der Waals surface area contributed by atoms with Gasteiger partial charge in [-0.2, -0.15) is 0 Å². The lowest BCUT2D eigenvalue weighted by Crippen LogP contribution is -2.26. The Labute approximate surface area is 123 Å². The van der Waals surface area contributed by atoms with Gasteiger partial charge in [-0.3, -0.25) is 4.79 Å². The summed E-state index contributed by atoms with van der Waals surface area (Å²) in [5.74, 6) is 0.821. The van der Waals surface area contributed by atoms with E-state index in [2.05, 4.69) is 20.8 Å². The summed E-state index contributed by atoms with van der Waals surface area (Å²) in [6.45, 7) is 2.10. The SMILES string of the molecule is O=C(Nc1nnc(C2CCNCC2)s1)C1CCCCC1. The number of hydrogen-bond acceptors (Lipinski definition) is 5. The third-order valence-corrected chi connectivity index (χ3v) is 5.34. The van der Waals surface area contributed by atoms with Crippen LogP contribution in [0.15, 0.2) is 0 Å². The molecule has 1 aromatic heterocycles. The summed E-state index contributed by atoms with van der Waals surface area (Å²) in [5, 5.41) is 16.5. The zero-order valence-corrected chi connectivity index (χ0v) is 12.5. The predicted octanol–water partition coefficient (Wildman–Crippen LogP) is 2.52. The first-order chi connectivity index (χ1) is 9.83. The van der Waals surface area contributed by atoms with Gasteiger partial charge in [0.2, 0.25) is 11.0 Å². The molecule has 0 aromatic carbocycles.